The molecule has 2 nitrogen and oxygen atoms in total. The molecular weight excluding hydrogens is 275 g/mol. The van der Waals surface area contributed by atoms with E-state index in [4.69, 9.17) is 0 Å². The van der Waals surface area contributed by atoms with Crippen molar-refractivity contribution in [3.63, 3.8) is 0 Å². The summed E-state index contributed by atoms with van der Waals surface area (Å²) in [6.45, 7) is 13.3. The minimum Gasteiger partial charge on any atom is -0.372 e. The van der Waals surface area contributed by atoms with E-state index in [0.29, 0.717) is 0 Å². The Bertz CT molecular complexity index is 339. The molecule has 3 heteroatoms. The first-order valence-electron chi connectivity index (χ1n) is 8.77. The normalized spacial score (nSPS) is 10.3. The molecule has 0 radical (unpaired) electrons. The second-order valence-electron chi connectivity index (χ2n) is 5.77. The van der Waals surface area contributed by atoms with Gasteiger partial charge >= 0.3 is 0 Å². The molecule has 22 heavy (non-hydrogen) atoms. The minimum absolute atomic E-state index is 0.165. The van der Waals surface area contributed by atoms with E-state index in [0.717, 1.165) is 31.6 Å². The lowest BCUT2D eigenvalue weighted by molar-refractivity contribution is 0.335. The smallest absolute Gasteiger partial charge is 0.123 e. The van der Waals surface area contributed by atoms with Crippen LogP contribution in [0.15, 0.2) is 24.3 Å². The maximum atomic E-state index is 12.7. The molecule has 0 aliphatic heterocycles. The van der Waals surface area contributed by atoms with Crippen molar-refractivity contribution in [1.82, 2.24) is 4.90 Å². The van der Waals surface area contributed by atoms with Crippen LogP contribution in [0.4, 0.5) is 10.1 Å². The van der Waals surface area contributed by atoms with Gasteiger partial charge in [0.2, 0.25) is 0 Å². The standard InChI is InChI=1S/C12H18FN.C7H17N/c1-3-9-14(10-4-2)12-7-5-11(13)6-8-12;1-4-6-8(3)7-5-2/h5-8H,3-4,9-10H2,1-2H3;4-7H2,1-3H3. The van der Waals surface area contributed by atoms with E-state index in [9.17, 15) is 4.39 Å². The van der Waals surface area contributed by atoms with Gasteiger partial charge in [0.1, 0.15) is 5.82 Å². The van der Waals surface area contributed by atoms with E-state index < -0.39 is 0 Å². The topological polar surface area (TPSA) is 6.48 Å². The first-order valence-corrected chi connectivity index (χ1v) is 8.77. The first kappa shape index (κ1) is 20.9. The lowest BCUT2D eigenvalue weighted by Crippen LogP contribution is -2.24. The van der Waals surface area contributed by atoms with Crippen molar-refractivity contribution in [2.75, 3.05) is 38.1 Å². The summed E-state index contributed by atoms with van der Waals surface area (Å²) in [4.78, 5) is 4.65. The molecule has 0 unspecified atom stereocenters. The quantitative estimate of drug-likeness (QED) is 0.619. The number of anilines is 1. The van der Waals surface area contributed by atoms with Crippen LogP contribution in [0.2, 0.25) is 0 Å². The summed E-state index contributed by atoms with van der Waals surface area (Å²) in [5.74, 6) is -0.165. The molecule has 0 saturated heterocycles. The van der Waals surface area contributed by atoms with Crippen LogP contribution in [0.1, 0.15) is 53.4 Å². The number of halogens is 1. The predicted molar refractivity (Wildman–Crippen MR) is 97.3 cm³/mol. The minimum atomic E-state index is -0.165. The molecule has 0 aromatic heterocycles. The summed E-state index contributed by atoms with van der Waals surface area (Å²) in [7, 11) is 2.17. The SMILES string of the molecule is CCCN(C)CCC.CCCN(CCC)c1ccc(F)cc1. The van der Waals surface area contributed by atoms with Gasteiger partial charge in [-0.3, -0.25) is 0 Å². The van der Waals surface area contributed by atoms with E-state index in [1.54, 1.807) is 0 Å². The Morgan fingerprint density at radius 1 is 0.727 bits per heavy atom. The van der Waals surface area contributed by atoms with Crippen molar-refractivity contribution in [2.45, 2.75) is 53.4 Å². The summed E-state index contributed by atoms with van der Waals surface area (Å²) in [6, 6.07) is 6.74. The van der Waals surface area contributed by atoms with E-state index >= 15 is 0 Å². The predicted octanol–water partition coefficient (Wildman–Crippen LogP) is 5.19. The number of hydrogen-bond acceptors (Lipinski definition) is 2. The molecule has 0 N–H and O–H groups in total. The van der Waals surface area contributed by atoms with Crippen LogP contribution in [-0.4, -0.2) is 38.1 Å². The third kappa shape index (κ3) is 9.78. The molecule has 0 aliphatic rings. The van der Waals surface area contributed by atoms with Crippen LogP contribution in [-0.2, 0) is 0 Å². The van der Waals surface area contributed by atoms with Gasteiger partial charge in [0.15, 0.2) is 0 Å². The Labute approximate surface area is 137 Å². The number of hydrogen-bond donors (Lipinski definition) is 0. The van der Waals surface area contributed by atoms with Gasteiger partial charge in [-0.25, -0.2) is 4.39 Å². The van der Waals surface area contributed by atoms with Crippen molar-refractivity contribution < 1.29 is 4.39 Å². The Morgan fingerprint density at radius 3 is 1.50 bits per heavy atom. The Morgan fingerprint density at radius 2 is 1.14 bits per heavy atom. The van der Waals surface area contributed by atoms with Gasteiger partial charge in [-0.1, -0.05) is 27.7 Å². The van der Waals surface area contributed by atoms with Crippen LogP contribution < -0.4 is 4.90 Å². The number of benzene rings is 1. The average molecular weight is 311 g/mol. The highest BCUT2D eigenvalue weighted by atomic mass is 19.1. The molecule has 1 rings (SSSR count). The molecule has 0 spiro atoms. The zero-order valence-electron chi connectivity index (χ0n) is 15.2. The molecule has 0 atom stereocenters. The van der Waals surface area contributed by atoms with Crippen LogP contribution in [0, 0.1) is 5.82 Å². The highest BCUT2D eigenvalue weighted by Crippen LogP contribution is 2.15. The van der Waals surface area contributed by atoms with Crippen molar-refractivity contribution in [3.8, 4) is 0 Å². The van der Waals surface area contributed by atoms with Crippen LogP contribution in [0.3, 0.4) is 0 Å². The molecule has 0 amide bonds. The molecule has 0 saturated carbocycles. The summed E-state index contributed by atoms with van der Waals surface area (Å²) in [5, 5.41) is 0. The second-order valence-corrected chi connectivity index (χ2v) is 5.77. The Hall–Kier alpha value is -1.09. The fourth-order valence-corrected chi connectivity index (χ4v) is 2.44. The van der Waals surface area contributed by atoms with Crippen molar-refractivity contribution in [2.24, 2.45) is 0 Å². The van der Waals surface area contributed by atoms with Crippen molar-refractivity contribution in [3.05, 3.63) is 30.1 Å². The zero-order valence-corrected chi connectivity index (χ0v) is 15.2. The summed E-state index contributed by atoms with van der Waals surface area (Å²) < 4.78 is 12.7. The first-order chi connectivity index (χ1) is 10.6. The second kappa shape index (κ2) is 13.6. The Kier molecular flexibility index (Phi) is 12.9. The molecule has 1 aromatic carbocycles. The monoisotopic (exact) mass is 310 g/mol. The molecule has 128 valence electrons. The highest BCUT2D eigenvalue weighted by molar-refractivity contribution is 5.46. The lowest BCUT2D eigenvalue weighted by atomic mass is 10.2. The Balaban J connectivity index is 0.000000472. The molecule has 1 aromatic rings. The van der Waals surface area contributed by atoms with Gasteiger partial charge in [-0.2, -0.15) is 0 Å². The molecule has 0 aliphatic carbocycles. The van der Waals surface area contributed by atoms with Crippen LogP contribution >= 0.6 is 0 Å². The molecule has 0 bridgehead atoms. The largest absolute Gasteiger partial charge is 0.372 e. The fourth-order valence-electron chi connectivity index (χ4n) is 2.44. The lowest BCUT2D eigenvalue weighted by Gasteiger charge is -2.23. The summed E-state index contributed by atoms with van der Waals surface area (Å²) >= 11 is 0. The maximum absolute atomic E-state index is 12.7. The summed E-state index contributed by atoms with van der Waals surface area (Å²) in [6.07, 6.45) is 4.79. The number of nitrogens with zero attached hydrogens (tertiary/aromatic N) is 2. The van der Waals surface area contributed by atoms with Gasteiger partial charge < -0.3 is 9.80 Å². The van der Waals surface area contributed by atoms with E-state index in [1.807, 2.05) is 12.1 Å². The molecular formula is C19H35FN2. The zero-order chi connectivity index (χ0) is 16.8. The maximum Gasteiger partial charge on any atom is 0.123 e. The van der Waals surface area contributed by atoms with Gasteiger partial charge in [0, 0.05) is 18.8 Å². The number of rotatable bonds is 9. The van der Waals surface area contributed by atoms with Crippen LogP contribution in [0.5, 0.6) is 0 Å². The highest BCUT2D eigenvalue weighted by Gasteiger charge is 2.03. The third-order valence-corrected chi connectivity index (χ3v) is 3.39. The van der Waals surface area contributed by atoms with Crippen molar-refractivity contribution in [1.29, 1.82) is 0 Å². The van der Waals surface area contributed by atoms with E-state index in [-0.39, 0.29) is 5.82 Å². The summed E-state index contributed by atoms with van der Waals surface area (Å²) in [5.41, 5.74) is 1.12. The van der Waals surface area contributed by atoms with Crippen molar-refractivity contribution >= 4 is 5.69 Å². The van der Waals surface area contributed by atoms with Gasteiger partial charge in [-0.05, 0) is 70.1 Å². The third-order valence-electron chi connectivity index (χ3n) is 3.39. The van der Waals surface area contributed by atoms with E-state index in [1.165, 1.54) is 38.1 Å². The fraction of sp³-hybridized carbons (Fsp3) is 0.684. The van der Waals surface area contributed by atoms with Gasteiger partial charge in [0.25, 0.3) is 0 Å². The van der Waals surface area contributed by atoms with E-state index in [2.05, 4.69) is 44.5 Å². The van der Waals surface area contributed by atoms with Gasteiger partial charge in [0.05, 0.1) is 0 Å². The van der Waals surface area contributed by atoms with Gasteiger partial charge in [-0.15, -0.1) is 0 Å². The molecule has 0 heterocycles. The van der Waals surface area contributed by atoms with Crippen LogP contribution in [0.25, 0.3) is 0 Å². The molecule has 0 fully saturated rings. The average Bonchev–Trinajstić information content (AvgIpc) is 2.49.